The molecule has 4 N–H and O–H groups in total. The number of carbonyl (C=O) groups excluding carboxylic acids is 2. The van der Waals surface area contributed by atoms with Crippen molar-refractivity contribution < 1.29 is 9.59 Å². The number of nitrogens with zero attached hydrogens (tertiary/aromatic N) is 4. The van der Waals surface area contributed by atoms with Crippen molar-refractivity contribution in [1.29, 1.82) is 0 Å². The molecule has 2 aromatic heterocycles. The Morgan fingerprint density at radius 1 is 1.21 bits per heavy atom. The number of amides is 2. The zero-order valence-electron chi connectivity index (χ0n) is 16.3. The molecule has 0 bridgehead atoms. The standard InChI is InChI=1S/C21H22N6O2/c1-12-4-3-5-15(24-12)11-17(28)27-9-8-13-10-14(6-7-16(13)27)19-18(21(23)29)20(22)26(2)25-19/h3-7,10H,8-9,11,22H2,1-2H3,(H2,23,29). The number of benzene rings is 1. The third kappa shape index (κ3) is 3.33. The van der Waals surface area contributed by atoms with Crippen LogP contribution in [0.15, 0.2) is 36.4 Å². The summed E-state index contributed by atoms with van der Waals surface area (Å²) >= 11 is 0. The molecule has 3 aromatic rings. The van der Waals surface area contributed by atoms with Crippen molar-refractivity contribution in [2.75, 3.05) is 17.2 Å². The zero-order valence-corrected chi connectivity index (χ0v) is 16.3. The highest BCUT2D eigenvalue weighted by Crippen LogP contribution is 2.34. The molecule has 0 fully saturated rings. The minimum Gasteiger partial charge on any atom is -0.383 e. The SMILES string of the molecule is Cc1cccc(CC(=O)N2CCc3cc(-c4nn(C)c(N)c4C(N)=O)ccc32)n1. The predicted molar refractivity (Wildman–Crippen MR) is 110 cm³/mol. The molecule has 0 saturated heterocycles. The van der Waals surface area contributed by atoms with Gasteiger partial charge < -0.3 is 16.4 Å². The molecule has 1 aromatic carbocycles. The number of hydrogen-bond acceptors (Lipinski definition) is 5. The second-order valence-electron chi connectivity index (χ2n) is 7.18. The predicted octanol–water partition coefficient (Wildman–Crippen LogP) is 1.60. The molecule has 0 spiro atoms. The summed E-state index contributed by atoms with van der Waals surface area (Å²) < 4.78 is 1.44. The van der Waals surface area contributed by atoms with Crippen LogP contribution in [-0.4, -0.2) is 33.1 Å². The number of pyridine rings is 1. The number of aromatic nitrogens is 3. The fourth-order valence-electron chi connectivity index (χ4n) is 3.74. The van der Waals surface area contributed by atoms with Gasteiger partial charge in [0.2, 0.25) is 5.91 Å². The van der Waals surface area contributed by atoms with E-state index < -0.39 is 5.91 Å². The number of nitrogen functional groups attached to an aromatic ring is 1. The van der Waals surface area contributed by atoms with Crippen LogP contribution < -0.4 is 16.4 Å². The molecule has 0 aliphatic carbocycles. The van der Waals surface area contributed by atoms with E-state index in [1.807, 2.05) is 43.3 Å². The molecule has 0 atom stereocenters. The summed E-state index contributed by atoms with van der Waals surface area (Å²) in [6, 6.07) is 11.3. The summed E-state index contributed by atoms with van der Waals surface area (Å²) in [4.78, 5) is 30.9. The van der Waals surface area contributed by atoms with Crippen LogP contribution in [0.4, 0.5) is 11.5 Å². The van der Waals surface area contributed by atoms with Crippen molar-refractivity contribution >= 4 is 23.3 Å². The van der Waals surface area contributed by atoms with Gasteiger partial charge in [-0.2, -0.15) is 5.10 Å². The summed E-state index contributed by atoms with van der Waals surface area (Å²) in [6.45, 7) is 2.52. The fraction of sp³-hybridized carbons (Fsp3) is 0.238. The third-order valence-corrected chi connectivity index (χ3v) is 5.17. The number of primary amides is 1. The van der Waals surface area contributed by atoms with Crippen LogP contribution in [-0.2, 0) is 24.7 Å². The van der Waals surface area contributed by atoms with E-state index in [1.165, 1.54) is 4.68 Å². The van der Waals surface area contributed by atoms with Crippen LogP contribution in [0.5, 0.6) is 0 Å². The Hall–Kier alpha value is -3.68. The summed E-state index contributed by atoms with van der Waals surface area (Å²) in [6.07, 6.45) is 0.982. The van der Waals surface area contributed by atoms with Gasteiger partial charge in [0, 0.05) is 36.2 Å². The van der Waals surface area contributed by atoms with Gasteiger partial charge in [-0.25, -0.2) is 0 Å². The largest absolute Gasteiger partial charge is 0.383 e. The maximum atomic E-state index is 12.8. The number of rotatable bonds is 4. The van der Waals surface area contributed by atoms with Crippen molar-refractivity contribution in [1.82, 2.24) is 14.8 Å². The molecule has 2 amide bonds. The molecule has 148 valence electrons. The molecule has 0 saturated carbocycles. The average Bonchev–Trinajstić information content (AvgIpc) is 3.22. The van der Waals surface area contributed by atoms with Crippen LogP contribution in [0.25, 0.3) is 11.3 Å². The highest BCUT2D eigenvalue weighted by atomic mass is 16.2. The van der Waals surface area contributed by atoms with Crippen molar-refractivity contribution in [2.45, 2.75) is 19.8 Å². The van der Waals surface area contributed by atoms with Gasteiger partial charge in [0.25, 0.3) is 5.91 Å². The summed E-state index contributed by atoms with van der Waals surface area (Å²) in [7, 11) is 1.67. The van der Waals surface area contributed by atoms with Gasteiger partial charge in [-0.15, -0.1) is 0 Å². The van der Waals surface area contributed by atoms with E-state index in [2.05, 4.69) is 10.1 Å². The first kappa shape index (κ1) is 18.7. The smallest absolute Gasteiger partial charge is 0.254 e. The number of hydrogen-bond donors (Lipinski definition) is 2. The van der Waals surface area contributed by atoms with E-state index in [1.54, 1.807) is 11.9 Å². The molecule has 29 heavy (non-hydrogen) atoms. The lowest BCUT2D eigenvalue weighted by Crippen LogP contribution is -2.30. The lowest BCUT2D eigenvalue weighted by Gasteiger charge is -2.17. The Kier molecular flexibility index (Phi) is 4.54. The van der Waals surface area contributed by atoms with Gasteiger partial charge in [0.1, 0.15) is 17.1 Å². The second kappa shape index (κ2) is 7.05. The molecule has 8 nitrogen and oxygen atoms in total. The normalized spacial score (nSPS) is 12.8. The lowest BCUT2D eigenvalue weighted by molar-refractivity contribution is -0.117. The first-order valence-electron chi connectivity index (χ1n) is 9.33. The molecule has 8 heteroatoms. The number of anilines is 2. The third-order valence-electron chi connectivity index (χ3n) is 5.17. The van der Waals surface area contributed by atoms with Crippen LogP contribution in [0.2, 0.25) is 0 Å². The van der Waals surface area contributed by atoms with Gasteiger partial charge in [-0.05, 0) is 43.2 Å². The topological polar surface area (TPSA) is 120 Å². The van der Waals surface area contributed by atoms with E-state index in [9.17, 15) is 9.59 Å². The Morgan fingerprint density at radius 3 is 2.72 bits per heavy atom. The molecule has 4 rings (SSSR count). The van der Waals surface area contributed by atoms with Crippen molar-refractivity contribution in [3.8, 4) is 11.3 Å². The zero-order chi connectivity index (χ0) is 20.7. The van der Waals surface area contributed by atoms with Gasteiger partial charge in [0.15, 0.2) is 0 Å². The van der Waals surface area contributed by atoms with Crippen molar-refractivity contribution in [3.63, 3.8) is 0 Å². The van der Waals surface area contributed by atoms with Crippen molar-refractivity contribution in [2.24, 2.45) is 12.8 Å². The van der Waals surface area contributed by atoms with Gasteiger partial charge >= 0.3 is 0 Å². The number of fused-ring (bicyclic) bond motifs is 1. The Labute approximate surface area is 168 Å². The lowest BCUT2D eigenvalue weighted by atomic mass is 10.0. The molecule has 0 radical (unpaired) electrons. The van der Waals surface area contributed by atoms with E-state index in [4.69, 9.17) is 11.5 Å². The van der Waals surface area contributed by atoms with E-state index >= 15 is 0 Å². The minimum absolute atomic E-state index is 0.00880. The number of aryl methyl sites for hydroxylation is 2. The van der Waals surface area contributed by atoms with Crippen LogP contribution in [0.3, 0.4) is 0 Å². The minimum atomic E-state index is -0.617. The first-order valence-corrected chi connectivity index (χ1v) is 9.33. The molecule has 3 heterocycles. The van der Waals surface area contributed by atoms with Crippen LogP contribution in [0, 0.1) is 6.92 Å². The molecule has 1 aliphatic heterocycles. The summed E-state index contributed by atoms with van der Waals surface area (Å²) in [5.74, 6) is -0.376. The van der Waals surface area contributed by atoms with Gasteiger partial charge in [-0.1, -0.05) is 12.1 Å². The fourth-order valence-corrected chi connectivity index (χ4v) is 3.74. The molecule has 1 aliphatic rings. The van der Waals surface area contributed by atoms with E-state index in [-0.39, 0.29) is 23.7 Å². The maximum Gasteiger partial charge on any atom is 0.254 e. The number of carbonyl (C=O) groups is 2. The summed E-state index contributed by atoms with van der Waals surface area (Å²) in [5, 5.41) is 4.35. The molecular weight excluding hydrogens is 368 g/mol. The highest BCUT2D eigenvalue weighted by Gasteiger charge is 2.27. The Morgan fingerprint density at radius 2 is 2.00 bits per heavy atom. The molecule has 0 unspecified atom stereocenters. The Balaban J connectivity index is 1.63. The second-order valence-corrected chi connectivity index (χ2v) is 7.18. The number of nitrogens with two attached hydrogens (primary N) is 2. The quantitative estimate of drug-likeness (QED) is 0.701. The molecular formula is C21H22N6O2. The van der Waals surface area contributed by atoms with Gasteiger partial charge in [-0.3, -0.25) is 19.3 Å². The first-order chi connectivity index (χ1) is 13.8. The maximum absolute atomic E-state index is 12.8. The van der Waals surface area contributed by atoms with Crippen molar-refractivity contribution in [3.05, 3.63) is 58.9 Å². The van der Waals surface area contributed by atoms with Crippen LogP contribution >= 0.6 is 0 Å². The van der Waals surface area contributed by atoms with Gasteiger partial charge in [0.05, 0.1) is 6.42 Å². The monoisotopic (exact) mass is 390 g/mol. The highest BCUT2D eigenvalue weighted by molar-refractivity contribution is 6.03. The summed E-state index contributed by atoms with van der Waals surface area (Å²) in [5.41, 5.74) is 16.4. The average molecular weight is 390 g/mol. The Bertz CT molecular complexity index is 1130. The van der Waals surface area contributed by atoms with E-state index in [0.717, 1.165) is 34.6 Å². The van der Waals surface area contributed by atoms with Crippen LogP contribution in [0.1, 0.15) is 27.3 Å². The van der Waals surface area contributed by atoms with E-state index in [0.29, 0.717) is 12.2 Å².